The molecule has 1 rings (SSSR count). The van der Waals surface area contributed by atoms with Gasteiger partial charge in [0.2, 0.25) is 0 Å². The maximum absolute atomic E-state index is 8.72. The summed E-state index contributed by atoms with van der Waals surface area (Å²) in [6.07, 6.45) is 2.50. The molecule has 1 fully saturated rings. The molecule has 2 nitrogen and oxygen atoms in total. The van der Waals surface area contributed by atoms with E-state index in [4.69, 9.17) is 5.11 Å². The zero-order chi connectivity index (χ0) is 5.98. The van der Waals surface area contributed by atoms with Crippen LogP contribution in [0.25, 0.3) is 0 Å². The van der Waals surface area contributed by atoms with Crippen LogP contribution in [-0.4, -0.2) is 31.3 Å². The van der Waals surface area contributed by atoms with Gasteiger partial charge in [-0.3, -0.25) is 0 Å². The lowest BCUT2D eigenvalue weighted by Gasteiger charge is -2.12. The van der Waals surface area contributed by atoms with Gasteiger partial charge in [-0.15, -0.1) is 0 Å². The summed E-state index contributed by atoms with van der Waals surface area (Å²) in [5, 5.41) is 8.72. The zero-order valence-corrected chi connectivity index (χ0v) is 5.35. The van der Waals surface area contributed by atoms with Gasteiger partial charge in [0.05, 0.1) is 20.2 Å². The minimum atomic E-state index is 0.367. The Morgan fingerprint density at radius 2 is 2.50 bits per heavy atom. The summed E-state index contributed by atoms with van der Waals surface area (Å²) < 4.78 is 0. The van der Waals surface area contributed by atoms with Gasteiger partial charge in [-0.1, -0.05) is 0 Å². The lowest BCUT2D eigenvalue weighted by Crippen LogP contribution is -3.11. The summed E-state index contributed by atoms with van der Waals surface area (Å²) in [7, 11) is 2.15. The molecule has 0 aromatic rings. The van der Waals surface area contributed by atoms with Crippen LogP contribution in [0.4, 0.5) is 0 Å². The van der Waals surface area contributed by atoms with Gasteiger partial charge in [0.1, 0.15) is 6.04 Å². The van der Waals surface area contributed by atoms with Gasteiger partial charge >= 0.3 is 0 Å². The SMILES string of the molecule is C[NH+]1CCC[C@@H]1CO. The largest absolute Gasteiger partial charge is 0.390 e. The van der Waals surface area contributed by atoms with E-state index in [0.29, 0.717) is 12.6 Å². The average molecular weight is 116 g/mol. The molecule has 1 heterocycles. The highest BCUT2D eigenvalue weighted by atomic mass is 16.3. The highest BCUT2D eigenvalue weighted by molar-refractivity contribution is 4.58. The average Bonchev–Trinajstić information content (AvgIpc) is 2.14. The Kier molecular flexibility index (Phi) is 1.86. The molecule has 1 aliphatic heterocycles. The Hall–Kier alpha value is -0.0800. The van der Waals surface area contributed by atoms with Crippen molar-refractivity contribution in [2.45, 2.75) is 18.9 Å². The maximum Gasteiger partial charge on any atom is 0.111 e. The molecule has 0 aromatic heterocycles. The molecule has 2 atom stereocenters. The van der Waals surface area contributed by atoms with Crippen molar-refractivity contribution < 1.29 is 10.0 Å². The summed E-state index contributed by atoms with van der Waals surface area (Å²) in [6, 6.07) is 0.537. The van der Waals surface area contributed by atoms with E-state index in [9.17, 15) is 0 Å². The van der Waals surface area contributed by atoms with Gasteiger partial charge in [0, 0.05) is 12.8 Å². The first-order chi connectivity index (χ1) is 3.84. The van der Waals surface area contributed by atoms with Crippen LogP contribution in [0.3, 0.4) is 0 Å². The normalized spacial score (nSPS) is 38.2. The van der Waals surface area contributed by atoms with Gasteiger partial charge in [0.25, 0.3) is 0 Å². The smallest absolute Gasteiger partial charge is 0.111 e. The van der Waals surface area contributed by atoms with Crippen molar-refractivity contribution in [2.24, 2.45) is 0 Å². The number of hydrogen-bond donors (Lipinski definition) is 2. The van der Waals surface area contributed by atoms with E-state index in [1.165, 1.54) is 24.3 Å². The number of hydrogen-bond acceptors (Lipinski definition) is 1. The number of aliphatic hydroxyl groups excluding tert-OH is 1. The van der Waals surface area contributed by atoms with Crippen LogP contribution in [0.5, 0.6) is 0 Å². The first-order valence-electron chi connectivity index (χ1n) is 3.27. The fourth-order valence-electron chi connectivity index (χ4n) is 1.32. The summed E-state index contributed by atoms with van der Waals surface area (Å²) >= 11 is 0. The molecule has 8 heavy (non-hydrogen) atoms. The fraction of sp³-hybridized carbons (Fsp3) is 1.00. The van der Waals surface area contributed by atoms with E-state index in [2.05, 4.69) is 7.05 Å². The van der Waals surface area contributed by atoms with E-state index in [-0.39, 0.29) is 0 Å². The van der Waals surface area contributed by atoms with Crippen molar-refractivity contribution in [3.05, 3.63) is 0 Å². The second-order valence-electron chi connectivity index (χ2n) is 2.62. The molecule has 0 spiro atoms. The second kappa shape index (κ2) is 2.46. The Labute approximate surface area is 50.1 Å². The molecule has 0 aliphatic carbocycles. The molecule has 0 amide bonds. The predicted octanol–water partition coefficient (Wildman–Crippen LogP) is -1.34. The van der Waals surface area contributed by atoms with Crippen molar-refractivity contribution in [2.75, 3.05) is 20.2 Å². The van der Waals surface area contributed by atoms with Gasteiger partial charge in [-0.05, 0) is 0 Å². The molecule has 0 saturated carbocycles. The lowest BCUT2D eigenvalue weighted by atomic mass is 10.2. The van der Waals surface area contributed by atoms with Crippen molar-refractivity contribution in [3.63, 3.8) is 0 Å². The topological polar surface area (TPSA) is 24.7 Å². The van der Waals surface area contributed by atoms with Crippen LogP contribution in [0, 0.1) is 0 Å². The number of likely N-dealkylation sites (tertiary alicyclic amines) is 1. The van der Waals surface area contributed by atoms with Crippen LogP contribution in [-0.2, 0) is 0 Å². The molecule has 2 N–H and O–H groups in total. The third-order valence-electron chi connectivity index (χ3n) is 2.04. The van der Waals surface area contributed by atoms with Crippen LogP contribution < -0.4 is 4.90 Å². The Morgan fingerprint density at radius 3 is 2.75 bits per heavy atom. The second-order valence-corrected chi connectivity index (χ2v) is 2.62. The number of nitrogens with one attached hydrogen (secondary N) is 1. The van der Waals surface area contributed by atoms with E-state index >= 15 is 0 Å². The lowest BCUT2D eigenvalue weighted by molar-refractivity contribution is -0.892. The highest BCUT2D eigenvalue weighted by Gasteiger charge is 2.22. The van der Waals surface area contributed by atoms with Crippen LogP contribution >= 0.6 is 0 Å². The molecule has 0 radical (unpaired) electrons. The molecule has 1 saturated heterocycles. The first-order valence-corrected chi connectivity index (χ1v) is 3.27. The van der Waals surface area contributed by atoms with E-state index < -0.39 is 0 Å². The third-order valence-corrected chi connectivity index (χ3v) is 2.04. The molecule has 1 aliphatic rings. The van der Waals surface area contributed by atoms with Gasteiger partial charge in [-0.25, -0.2) is 0 Å². The summed E-state index contributed by atoms with van der Waals surface area (Å²) in [5.74, 6) is 0. The zero-order valence-electron chi connectivity index (χ0n) is 5.35. The molecule has 0 aromatic carbocycles. The monoisotopic (exact) mass is 116 g/mol. The molecule has 0 bridgehead atoms. The van der Waals surface area contributed by atoms with E-state index in [1.54, 1.807) is 0 Å². The van der Waals surface area contributed by atoms with Crippen molar-refractivity contribution >= 4 is 0 Å². The molecular formula is C6H14NO+. The standard InChI is InChI=1S/C6H13NO/c1-7-4-2-3-6(7)5-8/h6,8H,2-5H2,1H3/p+1/t6-/m1/s1. The molecular weight excluding hydrogens is 102 g/mol. The van der Waals surface area contributed by atoms with Crippen LogP contribution in [0.1, 0.15) is 12.8 Å². The number of aliphatic hydroxyl groups is 1. The predicted molar refractivity (Wildman–Crippen MR) is 31.9 cm³/mol. The first kappa shape index (κ1) is 6.05. The third kappa shape index (κ3) is 1.01. The van der Waals surface area contributed by atoms with Gasteiger partial charge in [-0.2, -0.15) is 0 Å². The van der Waals surface area contributed by atoms with Crippen LogP contribution in [0.2, 0.25) is 0 Å². The Balaban J connectivity index is 2.30. The Bertz CT molecular complexity index is 74.9. The quantitative estimate of drug-likeness (QED) is 0.435. The minimum absolute atomic E-state index is 0.367. The van der Waals surface area contributed by atoms with Crippen molar-refractivity contribution in [1.82, 2.24) is 0 Å². The summed E-state index contributed by atoms with van der Waals surface area (Å²) in [6.45, 7) is 1.61. The maximum atomic E-state index is 8.72. The number of likely N-dealkylation sites (N-methyl/N-ethyl adjacent to an activating group) is 1. The van der Waals surface area contributed by atoms with Gasteiger partial charge in [0.15, 0.2) is 0 Å². The minimum Gasteiger partial charge on any atom is -0.390 e. The molecule has 1 unspecified atom stereocenters. The van der Waals surface area contributed by atoms with E-state index in [1.807, 2.05) is 0 Å². The van der Waals surface area contributed by atoms with Crippen molar-refractivity contribution in [3.8, 4) is 0 Å². The Morgan fingerprint density at radius 1 is 1.75 bits per heavy atom. The highest BCUT2D eigenvalue weighted by Crippen LogP contribution is 1.96. The van der Waals surface area contributed by atoms with Gasteiger partial charge < -0.3 is 10.0 Å². The number of rotatable bonds is 1. The summed E-state index contributed by atoms with van der Waals surface area (Å²) in [4.78, 5) is 1.49. The fourth-order valence-corrected chi connectivity index (χ4v) is 1.32. The van der Waals surface area contributed by atoms with Crippen molar-refractivity contribution in [1.29, 1.82) is 0 Å². The van der Waals surface area contributed by atoms with Crippen LogP contribution in [0.15, 0.2) is 0 Å². The van der Waals surface area contributed by atoms with E-state index in [0.717, 1.165) is 0 Å². The molecule has 2 heteroatoms. The number of quaternary nitrogens is 1. The molecule has 48 valence electrons. The summed E-state index contributed by atoms with van der Waals surface area (Å²) in [5.41, 5.74) is 0.